The number of hydrogen-bond acceptors (Lipinski definition) is 8. The molecule has 1 saturated heterocycles. The van der Waals surface area contributed by atoms with Gasteiger partial charge in [-0.05, 0) is 62.0 Å². The lowest BCUT2D eigenvalue weighted by Gasteiger charge is -2.34. The van der Waals surface area contributed by atoms with Crippen molar-refractivity contribution < 1.29 is 9.53 Å². The van der Waals surface area contributed by atoms with Gasteiger partial charge in [-0.2, -0.15) is 0 Å². The molecular formula is C29H36N6O2. The first-order valence-electron chi connectivity index (χ1n) is 13.1. The van der Waals surface area contributed by atoms with Gasteiger partial charge in [-0.15, -0.1) is 0 Å². The average molecular weight is 501 g/mol. The molecule has 0 aliphatic carbocycles. The summed E-state index contributed by atoms with van der Waals surface area (Å²) in [5.74, 6) is 1.76. The molecule has 3 aliphatic rings. The van der Waals surface area contributed by atoms with Gasteiger partial charge in [0.15, 0.2) is 0 Å². The highest BCUT2D eigenvalue weighted by atomic mass is 16.5. The number of hydrogen-bond donors (Lipinski definition) is 1. The number of carbonyl (C=O) groups is 1. The molecule has 3 aliphatic heterocycles. The van der Waals surface area contributed by atoms with Crippen molar-refractivity contribution in [2.24, 2.45) is 0 Å². The highest BCUT2D eigenvalue weighted by Crippen LogP contribution is 2.27. The molecule has 1 N–H and O–H groups in total. The van der Waals surface area contributed by atoms with Gasteiger partial charge in [0.1, 0.15) is 11.5 Å². The molecule has 4 heterocycles. The summed E-state index contributed by atoms with van der Waals surface area (Å²) >= 11 is 0. The minimum Gasteiger partial charge on any atom is -0.496 e. The number of Topliss-reactive ketones (excluding diaryl/α,β-unsaturated/α-hetero) is 1. The zero-order chi connectivity index (χ0) is 25.6. The number of piperazine rings is 1. The first-order chi connectivity index (χ1) is 18.1. The minimum absolute atomic E-state index is 0.335. The van der Waals surface area contributed by atoms with Crippen molar-refractivity contribution in [1.82, 2.24) is 24.7 Å². The van der Waals surface area contributed by atoms with Crippen molar-refractivity contribution in [2.75, 3.05) is 58.7 Å². The number of nitrogens with one attached hydrogen (secondary N) is 1. The molecule has 8 heteroatoms. The first kappa shape index (κ1) is 25.3. The highest BCUT2D eigenvalue weighted by molar-refractivity contribution is 5.80. The fraction of sp³-hybridized carbons (Fsp3) is 0.414. The fourth-order valence-electron chi connectivity index (χ4n) is 5.13. The zero-order valence-electron chi connectivity index (χ0n) is 21.8. The van der Waals surface area contributed by atoms with Crippen LogP contribution in [0.5, 0.6) is 5.75 Å². The molecule has 194 valence electrons. The summed E-state index contributed by atoms with van der Waals surface area (Å²) in [5.41, 5.74) is 5.17. The Morgan fingerprint density at radius 1 is 0.919 bits per heavy atom. The SMILES string of the molecule is COc1ccc2cc1CN(C)CCCC(=O)CN1CCN(CC1)Cc1cccc(c1)Nc1nccc-2n1. The number of nitrogens with zero attached hydrogens (tertiary/aromatic N) is 5. The quantitative estimate of drug-likeness (QED) is 0.541. The van der Waals surface area contributed by atoms with Crippen molar-refractivity contribution in [3.8, 4) is 17.0 Å². The summed E-state index contributed by atoms with van der Waals surface area (Å²) in [6.07, 6.45) is 3.26. The van der Waals surface area contributed by atoms with Gasteiger partial charge in [-0.3, -0.25) is 14.6 Å². The molecule has 2 aromatic carbocycles. The molecular weight excluding hydrogens is 464 g/mol. The van der Waals surface area contributed by atoms with E-state index in [2.05, 4.69) is 56.3 Å². The minimum atomic E-state index is 0.335. The topological polar surface area (TPSA) is 73.8 Å². The summed E-state index contributed by atoms with van der Waals surface area (Å²) in [5, 5.41) is 3.39. The third-order valence-corrected chi connectivity index (χ3v) is 7.12. The fourth-order valence-corrected chi connectivity index (χ4v) is 5.13. The molecule has 1 fully saturated rings. The number of methoxy groups -OCH3 is 1. The van der Waals surface area contributed by atoms with Crippen LogP contribution in [0.3, 0.4) is 0 Å². The van der Waals surface area contributed by atoms with Crippen molar-refractivity contribution in [3.05, 3.63) is 65.9 Å². The number of anilines is 2. The Kier molecular flexibility index (Phi) is 8.08. The smallest absolute Gasteiger partial charge is 0.227 e. The molecule has 0 saturated carbocycles. The van der Waals surface area contributed by atoms with Crippen LogP contribution in [-0.4, -0.2) is 83.9 Å². The van der Waals surface area contributed by atoms with E-state index in [-0.39, 0.29) is 0 Å². The van der Waals surface area contributed by atoms with Crippen LogP contribution < -0.4 is 10.1 Å². The lowest BCUT2D eigenvalue weighted by Crippen LogP contribution is -2.47. The van der Waals surface area contributed by atoms with Crippen LogP contribution in [0.15, 0.2) is 54.7 Å². The highest BCUT2D eigenvalue weighted by Gasteiger charge is 2.19. The van der Waals surface area contributed by atoms with Crippen molar-refractivity contribution in [2.45, 2.75) is 25.9 Å². The van der Waals surface area contributed by atoms with Gasteiger partial charge in [-0.1, -0.05) is 12.1 Å². The van der Waals surface area contributed by atoms with Gasteiger partial charge in [0.05, 0.1) is 19.3 Å². The second-order valence-electron chi connectivity index (χ2n) is 10.0. The molecule has 0 amide bonds. The van der Waals surface area contributed by atoms with E-state index < -0.39 is 0 Å². The standard InChI is InChI=1S/C29H36N6O2/c1-33-12-4-7-26(36)21-35-15-13-34(14-16-35)19-22-5-3-6-25(17-22)31-29-30-11-10-27(32-29)23-8-9-28(37-2)24(18-23)20-33/h3,5-6,8-11,17-18H,4,7,12-16,19-21H2,1-2H3,(H,30,31,32). The third-order valence-electron chi connectivity index (χ3n) is 7.12. The lowest BCUT2D eigenvalue weighted by molar-refractivity contribution is -0.120. The Morgan fingerprint density at radius 3 is 2.54 bits per heavy atom. The van der Waals surface area contributed by atoms with Gasteiger partial charge in [0, 0.05) is 68.7 Å². The van der Waals surface area contributed by atoms with Crippen molar-refractivity contribution in [1.29, 1.82) is 0 Å². The number of benzene rings is 2. The Balaban J connectivity index is 1.43. The lowest BCUT2D eigenvalue weighted by atomic mass is 10.1. The van der Waals surface area contributed by atoms with Gasteiger partial charge < -0.3 is 15.0 Å². The Labute approximate surface area is 219 Å². The number of carbonyl (C=O) groups excluding carboxylic acids is 1. The maximum Gasteiger partial charge on any atom is 0.227 e. The molecule has 0 atom stereocenters. The maximum absolute atomic E-state index is 12.7. The molecule has 0 radical (unpaired) electrons. The predicted octanol–water partition coefficient (Wildman–Crippen LogP) is 3.81. The second-order valence-corrected chi connectivity index (χ2v) is 10.0. The van der Waals surface area contributed by atoms with Gasteiger partial charge in [0.25, 0.3) is 0 Å². The van der Waals surface area contributed by atoms with Crippen LogP contribution in [0.1, 0.15) is 24.0 Å². The van der Waals surface area contributed by atoms with Crippen LogP contribution in [-0.2, 0) is 17.9 Å². The van der Waals surface area contributed by atoms with Crippen LogP contribution >= 0.6 is 0 Å². The molecule has 3 aromatic rings. The average Bonchev–Trinajstić information content (AvgIpc) is 2.90. The number of aromatic nitrogens is 2. The third kappa shape index (κ3) is 6.71. The van der Waals surface area contributed by atoms with E-state index >= 15 is 0 Å². The summed E-state index contributed by atoms with van der Waals surface area (Å²) in [4.78, 5) is 28.9. The molecule has 8 nitrogen and oxygen atoms in total. The normalized spacial score (nSPS) is 21.4. The van der Waals surface area contributed by atoms with E-state index in [1.165, 1.54) is 5.56 Å². The molecule has 8 bridgehead atoms. The molecule has 0 spiro atoms. The molecule has 1 aromatic heterocycles. The van der Waals surface area contributed by atoms with Crippen LogP contribution in [0, 0.1) is 0 Å². The van der Waals surface area contributed by atoms with Gasteiger partial charge in [0.2, 0.25) is 5.95 Å². The number of ketones is 1. The number of ether oxygens (including phenoxy) is 1. The van der Waals surface area contributed by atoms with Crippen molar-refractivity contribution >= 4 is 17.4 Å². The summed E-state index contributed by atoms with van der Waals surface area (Å²) in [6, 6.07) is 16.5. The molecule has 0 unspecified atom stereocenters. The number of fused-ring (bicyclic) bond motifs is 8. The number of rotatable bonds is 1. The van der Waals surface area contributed by atoms with E-state index in [1.807, 2.05) is 24.3 Å². The Bertz CT molecular complexity index is 1220. The van der Waals surface area contributed by atoms with Gasteiger partial charge >= 0.3 is 0 Å². The summed E-state index contributed by atoms with van der Waals surface area (Å²) < 4.78 is 5.65. The van der Waals surface area contributed by atoms with Crippen LogP contribution in [0.2, 0.25) is 0 Å². The molecule has 37 heavy (non-hydrogen) atoms. The van der Waals surface area contributed by atoms with E-state index in [4.69, 9.17) is 9.72 Å². The summed E-state index contributed by atoms with van der Waals surface area (Å²) in [7, 11) is 3.79. The second kappa shape index (κ2) is 11.8. The predicted molar refractivity (Wildman–Crippen MR) is 146 cm³/mol. The van der Waals surface area contributed by atoms with Crippen LogP contribution in [0.4, 0.5) is 11.6 Å². The van der Waals surface area contributed by atoms with Gasteiger partial charge in [-0.25, -0.2) is 9.97 Å². The zero-order valence-corrected chi connectivity index (χ0v) is 21.8. The summed E-state index contributed by atoms with van der Waals surface area (Å²) in [6.45, 7) is 6.84. The Hall–Kier alpha value is -3.33. The maximum atomic E-state index is 12.7. The Morgan fingerprint density at radius 2 is 1.73 bits per heavy atom. The monoisotopic (exact) mass is 500 g/mol. The van der Waals surface area contributed by atoms with Crippen LogP contribution in [0.25, 0.3) is 11.3 Å². The largest absolute Gasteiger partial charge is 0.496 e. The van der Waals surface area contributed by atoms with Crippen molar-refractivity contribution in [3.63, 3.8) is 0 Å². The van der Waals surface area contributed by atoms with E-state index in [1.54, 1.807) is 13.3 Å². The van der Waals surface area contributed by atoms with E-state index in [0.717, 1.165) is 80.5 Å². The molecule has 6 rings (SSSR count). The van der Waals surface area contributed by atoms with E-state index in [9.17, 15) is 4.79 Å². The first-order valence-corrected chi connectivity index (χ1v) is 13.1. The van der Waals surface area contributed by atoms with E-state index in [0.29, 0.717) is 24.7 Å².